The van der Waals surface area contributed by atoms with Gasteiger partial charge in [0.1, 0.15) is 30.3 Å². The van der Waals surface area contributed by atoms with Crippen LogP contribution in [0.5, 0.6) is 11.5 Å². The highest BCUT2D eigenvalue weighted by Gasteiger charge is 2.31. The van der Waals surface area contributed by atoms with Gasteiger partial charge in [0.15, 0.2) is 5.92 Å². The monoisotopic (exact) mass is 593 g/mol. The van der Waals surface area contributed by atoms with Crippen LogP contribution in [0.4, 0.5) is 18.9 Å². The first-order valence-electron chi connectivity index (χ1n) is 11.3. The first kappa shape index (κ1) is 31.7. The fraction of sp³-hybridized carbons (Fsp3) is 0.375. The number of halogens is 4. The molecule has 0 bridgehead atoms. The van der Waals surface area contributed by atoms with Crippen molar-refractivity contribution in [1.82, 2.24) is 0 Å². The minimum Gasteiger partial charge on any atom is -0.465 e. The number of thioether (sulfide) groups is 1. The molecule has 0 N–H and O–H groups in total. The molecule has 10 nitrogen and oxygen atoms in total. The number of nitro benzene ring substituents is 1. The predicted molar refractivity (Wildman–Crippen MR) is 134 cm³/mol. The highest BCUT2D eigenvalue weighted by molar-refractivity contribution is 7.99. The van der Waals surface area contributed by atoms with E-state index in [0.717, 1.165) is 30.3 Å². The fourth-order valence-electron chi connectivity index (χ4n) is 2.85. The number of rotatable bonds is 13. The van der Waals surface area contributed by atoms with Gasteiger partial charge in [0.25, 0.3) is 5.69 Å². The second kappa shape index (κ2) is 14.6. The Labute approximate surface area is 229 Å². The number of alkyl halides is 3. The quantitative estimate of drug-likeness (QED) is 0.0712. The number of ether oxygens (including phenoxy) is 4. The Kier molecular flexibility index (Phi) is 11.9. The summed E-state index contributed by atoms with van der Waals surface area (Å²) >= 11 is 7.13. The zero-order valence-electron chi connectivity index (χ0n) is 20.6. The van der Waals surface area contributed by atoms with E-state index in [1.807, 2.05) is 0 Å². The highest BCUT2D eigenvalue weighted by atomic mass is 35.5. The second-order valence-corrected chi connectivity index (χ2v) is 9.20. The average molecular weight is 594 g/mol. The van der Waals surface area contributed by atoms with Crippen LogP contribution in [0.15, 0.2) is 36.4 Å². The van der Waals surface area contributed by atoms with Crippen LogP contribution in [0.25, 0.3) is 0 Å². The van der Waals surface area contributed by atoms with E-state index in [1.165, 1.54) is 18.7 Å². The molecule has 0 spiro atoms. The van der Waals surface area contributed by atoms with Gasteiger partial charge in [-0.2, -0.15) is 24.9 Å². The van der Waals surface area contributed by atoms with E-state index in [4.69, 9.17) is 30.5 Å². The van der Waals surface area contributed by atoms with Crippen molar-refractivity contribution in [2.75, 3.05) is 31.3 Å². The summed E-state index contributed by atoms with van der Waals surface area (Å²) < 4.78 is 58.7. The first-order chi connectivity index (χ1) is 18.3. The molecule has 0 aliphatic rings. The Morgan fingerprint density at radius 3 is 2.26 bits per heavy atom. The average Bonchev–Trinajstić information content (AvgIpc) is 2.87. The molecule has 212 valence electrons. The van der Waals surface area contributed by atoms with E-state index in [9.17, 15) is 37.7 Å². The minimum absolute atomic E-state index is 0.00143. The number of carbonyl (C=O) groups excluding carboxylic acids is 3. The largest absolute Gasteiger partial charge is 0.465 e. The summed E-state index contributed by atoms with van der Waals surface area (Å²) in [6, 6.07) is 5.56. The smallest absolute Gasteiger partial charge is 0.416 e. The van der Waals surface area contributed by atoms with E-state index in [2.05, 4.69) is 0 Å². The van der Waals surface area contributed by atoms with Gasteiger partial charge in [-0.05, 0) is 38.1 Å². The summed E-state index contributed by atoms with van der Waals surface area (Å²) in [4.78, 5) is 46.4. The molecular weight excluding hydrogens is 571 g/mol. The summed E-state index contributed by atoms with van der Waals surface area (Å²) in [5, 5.41) is 11.0. The highest BCUT2D eigenvalue weighted by Crippen LogP contribution is 2.37. The SMILES string of the molecule is CCOC(=O)C(C)C(=O)OCCSCCOC(=O)c1cc(Oc2ccc(C(F)(F)F)cc2Cl)ccc1[N+](=O)[O-]. The van der Waals surface area contributed by atoms with Crippen LogP contribution in [-0.4, -0.2) is 54.2 Å². The van der Waals surface area contributed by atoms with E-state index in [-0.39, 0.29) is 42.1 Å². The summed E-state index contributed by atoms with van der Waals surface area (Å²) in [5.41, 5.74) is -2.00. The van der Waals surface area contributed by atoms with Crippen LogP contribution in [0.3, 0.4) is 0 Å². The molecule has 39 heavy (non-hydrogen) atoms. The number of nitro groups is 1. The molecule has 0 aliphatic carbocycles. The van der Waals surface area contributed by atoms with Gasteiger partial charge in [0.2, 0.25) is 0 Å². The molecule has 2 aromatic carbocycles. The standard InChI is InChI=1S/C24H23ClF3NO9S/c1-3-35-21(30)14(2)22(31)36-8-10-39-11-9-37-23(32)17-13-16(5-6-19(17)29(33)34)38-20-7-4-15(12-18(20)25)24(26,27)28/h4-7,12-14H,3,8-11H2,1-2H3. The summed E-state index contributed by atoms with van der Waals surface area (Å²) in [6.45, 7) is 2.98. The maximum Gasteiger partial charge on any atom is 0.416 e. The molecular formula is C24H23ClF3NO9S. The van der Waals surface area contributed by atoms with Crippen LogP contribution in [0, 0.1) is 16.0 Å². The van der Waals surface area contributed by atoms with Gasteiger partial charge in [-0.25, -0.2) is 4.79 Å². The first-order valence-corrected chi connectivity index (χ1v) is 12.8. The lowest BCUT2D eigenvalue weighted by Crippen LogP contribution is -2.26. The van der Waals surface area contributed by atoms with Crippen molar-refractivity contribution in [2.45, 2.75) is 20.0 Å². The predicted octanol–water partition coefficient (Wildman–Crippen LogP) is 5.69. The van der Waals surface area contributed by atoms with Gasteiger partial charge in [-0.15, -0.1) is 0 Å². The van der Waals surface area contributed by atoms with Gasteiger partial charge in [0.05, 0.1) is 22.1 Å². The molecule has 0 saturated heterocycles. The zero-order valence-corrected chi connectivity index (χ0v) is 22.2. The van der Waals surface area contributed by atoms with E-state index in [1.54, 1.807) is 6.92 Å². The Morgan fingerprint density at radius 2 is 1.67 bits per heavy atom. The van der Waals surface area contributed by atoms with Crippen LogP contribution < -0.4 is 4.74 Å². The molecule has 1 unspecified atom stereocenters. The molecule has 15 heteroatoms. The van der Waals surface area contributed by atoms with Gasteiger partial charge in [0, 0.05) is 23.6 Å². The van der Waals surface area contributed by atoms with Crippen molar-refractivity contribution in [3.05, 3.63) is 62.7 Å². The molecule has 0 fully saturated rings. The topological polar surface area (TPSA) is 131 Å². The third kappa shape index (κ3) is 9.62. The maximum atomic E-state index is 12.8. The second-order valence-electron chi connectivity index (χ2n) is 7.57. The van der Waals surface area contributed by atoms with Crippen molar-refractivity contribution in [1.29, 1.82) is 0 Å². The molecule has 0 aliphatic heterocycles. The van der Waals surface area contributed by atoms with Gasteiger partial charge in [-0.3, -0.25) is 19.7 Å². The number of nitrogens with zero attached hydrogens (tertiary/aromatic N) is 1. The van der Waals surface area contributed by atoms with E-state index >= 15 is 0 Å². The van der Waals surface area contributed by atoms with Crippen LogP contribution in [0.2, 0.25) is 5.02 Å². The minimum atomic E-state index is -4.61. The summed E-state index contributed by atoms with van der Waals surface area (Å²) in [5.74, 6) is -3.16. The zero-order chi connectivity index (χ0) is 29.2. The molecule has 0 saturated carbocycles. The van der Waals surface area contributed by atoms with Crippen molar-refractivity contribution >= 4 is 47.0 Å². The Bertz CT molecular complexity index is 1210. The number of carbonyl (C=O) groups is 3. The lowest BCUT2D eigenvalue weighted by molar-refractivity contribution is -0.385. The number of benzene rings is 2. The van der Waals surface area contributed by atoms with Crippen molar-refractivity contribution in [2.24, 2.45) is 5.92 Å². The Morgan fingerprint density at radius 1 is 1.03 bits per heavy atom. The van der Waals surface area contributed by atoms with E-state index in [0.29, 0.717) is 11.8 Å². The maximum absolute atomic E-state index is 12.8. The van der Waals surface area contributed by atoms with E-state index < -0.39 is 51.7 Å². The lowest BCUT2D eigenvalue weighted by atomic mass is 10.1. The fourth-order valence-corrected chi connectivity index (χ4v) is 3.68. The van der Waals surface area contributed by atoms with Gasteiger partial charge in [-0.1, -0.05) is 11.6 Å². The van der Waals surface area contributed by atoms with Gasteiger partial charge >= 0.3 is 24.1 Å². The number of hydrogen-bond acceptors (Lipinski definition) is 10. The Hall–Kier alpha value is -3.52. The van der Waals surface area contributed by atoms with Crippen molar-refractivity contribution in [3.63, 3.8) is 0 Å². The molecule has 2 rings (SSSR count). The molecule has 0 aromatic heterocycles. The number of esters is 3. The summed E-state index contributed by atoms with van der Waals surface area (Å²) in [7, 11) is 0. The Balaban J connectivity index is 1.91. The van der Waals surface area contributed by atoms with Crippen LogP contribution in [-0.2, 0) is 30.0 Å². The third-order valence-corrected chi connectivity index (χ3v) is 6.00. The van der Waals surface area contributed by atoms with Crippen molar-refractivity contribution < 1.29 is 51.4 Å². The molecule has 1 atom stereocenters. The van der Waals surface area contributed by atoms with Crippen LogP contribution >= 0.6 is 23.4 Å². The summed E-state index contributed by atoms with van der Waals surface area (Å²) in [6.07, 6.45) is -4.61. The third-order valence-electron chi connectivity index (χ3n) is 4.80. The van der Waals surface area contributed by atoms with Gasteiger partial charge < -0.3 is 18.9 Å². The molecule has 2 aromatic rings. The molecule has 0 heterocycles. The molecule has 0 radical (unpaired) electrons. The number of hydrogen-bond donors (Lipinski definition) is 0. The van der Waals surface area contributed by atoms with Crippen molar-refractivity contribution in [3.8, 4) is 11.5 Å². The lowest BCUT2D eigenvalue weighted by Gasteiger charge is -2.12. The van der Waals surface area contributed by atoms with Crippen LogP contribution in [0.1, 0.15) is 29.8 Å². The molecule has 0 amide bonds. The normalized spacial score (nSPS) is 11.8.